The quantitative estimate of drug-likeness (QED) is 0.492. The number of alkyl carbamates (subject to hydrolysis) is 1. The van der Waals surface area contributed by atoms with Gasteiger partial charge in [-0.15, -0.1) is 0 Å². The second-order valence-electron chi connectivity index (χ2n) is 9.73. The van der Waals surface area contributed by atoms with Crippen molar-refractivity contribution in [1.29, 1.82) is 0 Å². The van der Waals surface area contributed by atoms with Gasteiger partial charge in [0.2, 0.25) is 11.8 Å². The summed E-state index contributed by atoms with van der Waals surface area (Å²) in [5, 5.41) is 5.52. The van der Waals surface area contributed by atoms with Crippen molar-refractivity contribution < 1.29 is 28.6 Å². The molecule has 0 aliphatic carbocycles. The van der Waals surface area contributed by atoms with Gasteiger partial charge in [0.05, 0.1) is 13.7 Å². The van der Waals surface area contributed by atoms with Crippen LogP contribution in [0.15, 0.2) is 18.2 Å². The van der Waals surface area contributed by atoms with Crippen LogP contribution in [0.5, 0.6) is 11.5 Å². The summed E-state index contributed by atoms with van der Waals surface area (Å²) in [7, 11) is 1.61. The monoisotopic (exact) mass is 491 g/mol. The lowest BCUT2D eigenvalue weighted by atomic mass is 9.96. The molecular formula is C26H41N3O6. The number of hydrogen-bond acceptors (Lipinski definition) is 6. The highest BCUT2D eigenvalue weighted by molar-refractivity contribution is 5.77. The Kier molecular flexibility index (Phi) is 11.1. The fourth-order valence-electron chi connectivity index (χ4n) is 3.88. The van der Waals surface area contributed by atoms with Crippen molar-refractivity contribution in [3.8, 4) is 11.5 Å². The number of piperidine rings is 1. The molecule has 1 saturated heterocycles. The van der Waals surface area contributed by atoms with Gasteiger partial charge in [0.1, 0.15) is 5.60 Å². The first-order valence-electron chi connectivity index (χ1n) is 12.4. The molecule has 1 fully saturated rings. The topological polar surface area (TPSA) is 106 Å². The molecule has 1 aliphatic rings. The molecule has 0 atom stereocenters. The van der Waals surface area contributed by atoms with Crippen LogP contribution >= 0.6 is 0 Å². The van der Waals surface area contributed by atoms with Gasteiger partial charge in [-0.1, -0.05) is 6.07 Å². The zero-order valence-corrected chi connectivity index (χ0v) is 21.8. The molecule has 1 heterocycles. The van der Waals surface area contributed by atoms with Crippen LogP contribution < -0.4 is 20.1 Å². The van der Waals surface area contributed by atoms with E-state index in [0.29, 0.717) is 56.5 Å². The van der Waals surface area contributed by atoms with Gasteiger partial charge >= 0.3 is 6.09 Å². The van der Waals surface area contributed by atoms with E-state index >= 15 is 0 Å². The number of nitrogens with zero attached hydrogens (tertiary/aromatic N) is 1. The Bertz CT molecular complexity index is 844. The number of ether oxygens (including phenoxy) is 3. The molecule has 0 unspecified atom stereocenters. The van der Waals surface area contributed by atoms with E-state index < -0.39 is 11.7 Å². The van der Waals surface area contributed by atoms with Gasteiger partial charge in [-0.05, 0) is 70.6 Å². The minimum atomic E-state index is -0.564. The summed E-state index contributed by atoms with van der Waals surface area (Å²) in [6.07, 6.45) is 2.49. The lowest BCUT2D eigenvalue weighted by molar-refractivity contribution is -0.132. The summed E-state index contributed by atoms with van der Waals surface area (Å²) in [5.41, 5.74) is 0.475. The molecule has 1 aromatic carbocycles. The van der Waals surface area contributed by atoms with Crippen molar-refractivity contribution in [3.63, 3.8) is 0 Å². The van der Waals surface area contributed by atoms with Crippen molar-refractivity contribution in [3.05, 3.63) is 23.8 Å². The van der Waals surface area contributed by atoms with Crippen molar-refractivity contribution in [1.82, 2.24) is 15.5 Å². The first-order valence-corrected chi connectivity index (χ1v) is 12.4. The molecule has 196 valence electrons. The highest BCUT2D eigenvalue weighted by Crippen LogP contribution is 2.28. The Morgan fingerprint density at radius 2 is 1.77 bits per heavy atom. The van der Waals surface area contributed by atoms with E-state index in [1.54, 1.807) is 27.9 Å². The molecular weight excluding hydrogens is 450 g/mol. The molecule has 0 spiro atoms. The minimum Gasteiger partial charge on any atom is -0.493 e. The third kappa shape index (κ3) is 10.4. The van der Waals surface area contributed by atoms with E-state index in [1.165, 1.54) is 0 Å². The van der Waals surface area contributed by atoms with E-state index in [9.17, 15) is 14.4 Å². The van der Waals surface area contributed by atoms with Gasteiger partial charge in [-0.2, -0.15) is 0 Å². The normalized spacial score (nSPS) is 14.3. The van der Waals surface area contributed by atoms with E-state index in [-0.39, 0.29) is 24.8 Å². The molecule has 9 heteroatoms. The third-order valence-corrected chi connectivity index (χ3v) is 5.73. The van der Waals surface area contributed by atoms with Crippen molar-refractivity contribution in [2.24, 2.45) is 5.92 Å². The van der Waals surface area contributed by atoms with E-state index in [0.717, 1.165) is 18.4 Å². The molecule has 0 aromatic heterocycles. The van der Waals surface area contributed by atoms with Gasteiger partial charge in [0, 0.05) is 39.0 Å². The standard InChI is InChI=1S/C26H41N3O6/c1-6-34-21-9-7-19(17-22(21)33-5)8-10-24(31)29-15-12-20(13-16-29)18-28-23(30)11-14-27-25(32)35-26(2,3)4/h7,9,17,20H,6,8,10-16,18H2,1-5H3,(H,27,32)(H,28,30). The second kappa shape index (κ2) is 13.8. The van der Waals surface area contributed by atoms with Crippen molar-refractivity contribution in [2.75, 3.05) is 39.9 Å². The predicted molar refractivity (Wildman–Crippen MR) is 134 cm³/mol. The number of nitrogens with one attached hydrogen (secondary N) is 2. The molecule has 2 rings (SSSR count). The van der Waals surface area contributed by atoms with Crippen LogP contribution in [0, 0.1) is 5.92 Å². The van der Waals surface area contributed by atoms with Crippen LogP contribution in [0.25, 0.3) is 0 Å². The first-order chi connectivity index (χ1) is 16.6. The number of carbonyl (C=O) groups is 3. The molecule has 0 radical (unpaired) electrons. The first kappa shape index (κ1) is 28.3. The van der Waals surface area contributed by atoms with E-state index in [4.69, 9.17) is 14.2 Å². The van der Waals surface area contributed by atoms with Gasteiger partial charge < -0.3 is 29.7 Å². The van der Waals surface area contributed by atoms with Gasteiger partial charge in [0.25, 0.3) is 0 Å². The number of amides is 3. The number of rotatable bonds is 11. The number of likely N-dealkylation sites (tertiary alicyclic amines) is 1. The molecule has 0 saturated carbocycles. The summed E-state index contributed by atoms with van der Waals surface area (Å²) >= 11 is 0. The SMILES string of the molecule is CCOc1ccc(CCC(=O)N2CCC(CNC(=O)CCNC(=O)OC(C)(C)C)CC2)cc1OC. The van der Waals surface area contributed by atoms with Crippen LogP contribution in [0.4, 0.5) is 4.79 Å². The minimum absolute atomic E-state index is 0.106. The van der Waals surface area contributed by atoms with Crippen molar-refractivity contribution >= 4 is 17.9 Å². The molecule has 3 amide bonds. The maximum Gasteiger partial charge on any atom is 0.407 e. The number of carbonyl (C=O) groups excluding carboxylic acids is 3. The molecule has 1 aromatic rings. The number of methoxy groups -OCH3 is 1. The molecule has 1 aliphatic heterocycles. The Hall–Kier alpha value is -2.97. The summed E-state index contributed by atoms with van der Waals surface area (Å²) in [6.45, 7) is 10.1. The predicted octanol–water partition coefficient (Wildman–Crippen LogP) is 3.30. The fraction of sp³-hybridized carbons (Fsp3) is 0.654. The van der Waals surface area contributed by atoms with Crippen LogP contribution in [0.3, 0.4) is 0 Å². The van der Waals surface area contributed by atoms with Gasteiger partial charge in [-0.25, -0.2) is 4.79 Å². The molecule has 35 heavy (non-hydrogen) atoms. The largest absolute Gasteiger partial charge is 0.493 e. The average molecular weight is 492 g/mol. The zero-order chi connectivity index (χ0) is 25.8. The maximum absolute atomic E-state index is 12.7. The Morgan fingerprint density at radius 3 is 2.40 bits per heavy atom. The number of aryl methyl sites for hydroxylation is 1. The molecule has 9 nitrogen and oxygen atoms in total. The van der Waals surface area contributed by atoms with E-state index in [2.05, 4.69) is 10.6 Å². The Labute approximate surface area is 208 Å². The average Bonchev–Trinajstić information content (AvgIpc) is 2.81. The fourth-order valence-corrected chi connectivity index (χ4v) is 3.88. The summed E-state index contributed by atoms with van der Waals surface area (Å²) in [4.78, 5) is 38.3. The number of benzene rings is 1. The summed E-state index contributed by atoms with van der Waals surface area (Å²) in [5.74, 6) is 1.77. The summed E-state index contributed by atoms with van der Waals surface area (Å²) in [6, 6.07) is 5.78. The van der Waals surface area contributed by atoms with E-state index in [1.807, 2.05) is 30.0 Å². The summed E-state index contributed by atoms with van der Waals surface area (Å²) < 4.78 is 16.1. The van der Waals surface area contributed by atoms with Crippen LogP contribution in [0.2, 0.25) is 0 Å². The highest BCUT2D eigenvalue weighted by Gasteiger charge is 2.23. The molecule has 2 N–H and O–H groups in total. The molecule has 0 bridgehead atoms. The second-order valence-corrected chi connectivity index (χ2v) is 9.73. The Morgan fingerprint density at radius 1 is 1.06 bits per heavy atom. The highest BCUT2D eigenvalue weighted by atomic mass is 16.6. The van der Waals surface area contributed by atoms with Crippen LogP contribution in [-0.2, 0) is 20.7 Å². The van der Waals surface area contributed by atoms with Gasteiger partial charge in [0.15, 0.2) is 11.5 Å². The lowest BCUT2D eigenvalue weighted by Crippen LogP contribution is -2.42. The third-order valence-electron chi connectivity index (χ3n) is 5.73. The lowest BCUT2D eigenvalue weighted by Gasteiger charge is -2.32. The van der Waals surface area contributed by atoms with Crippen molar-refractivity contribution in [2.45, 2.75) is 65.4 Å². The van der Waals surface area contributed by atoms with Crippen LogP contribution in [-0.4, -0.2) is 68.3 Å². The van der Waals surface area contributed by atoms with Gasteiger partial charge in [-0.3, -0.25) is 9.59 Å². The zero-order valence-electron chi connectivity index (χ0n) is 21.8. The maximum atomic E-state index is 12.7. The smallest absolute Gasteiger partial charge is 0.407 e. The van der Waals surface area contributed by atoms with Crippen LogP contribution in [0.1, 0.15) is 58.9 Å². The number of hydrogen-bond donors (Lipinski definition) is 2. The Balaban J connectivity index is 1.64.